The highest BCUT2D eigenvalue weighted by Crippen LogP contribution is 2.30. The van der Waals surface area contributed by atoms with E-state index in [2.05, 4.69) is 10.4 Å². The van der Waals surface area contributed by atoms with Crippen LogP contribution in [0.15, 0.2) is 59.4 Å². The summed E-state index contributed by atoms with van der Waals surface area (Å²) in [5.41, 5.74) is -0.940. The Morgan fingerprint density at radius 1 is 1.03 bits per heavy atom. The Morgan fingerprint density at radius 3 is 2.26 bits per heavy atom. The summed E-state index contributed by atoms with van der Waals surface area (Å²) in [6.07, 6.45) is -4.55. The lowest BCUT2D eigenvalue weighted by molar-refractivity contribution is -0.137. The summed E-state index contributed by atoms with van der Waals surface area (Å²) >= 11 is 0. The third kappa shape index (κ3) is 5.33. The molecular weight excluding hydrogens is 449 g/mol. The smallest absolute Gasteiger partial charge is 0.339 e. The van der Waals surface area contributed by atoms with Crippen LogP contribution in [-0.2, 0) is 6.18 Å². The van der Waals surface area contributed by atoms with Gasteiger partial charge in [0.05, 0.1) is 11.3 Å². The third-order valence-corrected chi connectivity index (χ3v) is 5.18. The van der Waals surface area contributed by atoms with E-state index in [1.807, 2.05) is 13.8 Å². The van der Waals surface area contributed by atoms with Gasteiger partial charge in [0.25, 0.3) is 11.8 Å². The number of nitrogens with one attached hydrogen (secondary N) is 1. The van der Waals surface area contributed by atoms with Gasteiger partial charge in [0.15, 0.2) is 5.69 Å². The molecule has 1 aromatic heterocycles. The second-order valence-corrected chi connectivity index (χ2v) is 7.47. The van der Waals surface area contributed by atoms with E-state index in [-0.39, 0.29) is 17.3 Å². The minimum Gasteiger partial charge on any atom is -0.339 e. The van der Waals surface area contributed by atoms with Gasteiger partial charge in [-0.1, -0.05) is 6.07 Å². The van der Waals surface area contributed by atoms with E-state index in [0.717, 1.165) is 22.9 Å². The fraction of sp³-hybridized carbons (Fsp3) is 0.250. The SMILES string of the molecule is CCN(CC)C(=O)c1ccc(NC(=O)c2nn(-c3cccc(C(F)(F)F)c3)c(C)cc2=O)cc1. The van der Waals surface area contributed by atoms with E-state index >= 15 is 0 Å². The van der Waals surface area contributed by atoms with Crippen molar-refractivity contribution in [3.05, 3.63) is 87.3 Å². The van der Waals surface area contributed by atoms with Crippen LogP contribution >= 0.6 is 0 Å². The topological polar surface area (TPSA) is 84.3 Å². The fourth-order valence-corrected chi connectivity index (χ4v) is 3.36. The molecule has 1 heterocycles. The van der Waals surface area contributed by atoms with Crippen LogP contribution in [0.3, 0.4) is 0 Å². The molecule has 0 aliphatic heterocycles. The van der Waals surface area contributed by atoms with Crippen molar-refractivity contribution in [2.24, 2.45) is 0 Å². The maximum Gasteiger partial charge on any atom is 0.416 e. The van der Waals surface area contributed by atoms with Crippen LogP contribution < -0.4 is 10.7 Å². The molecule has 7 nitrogen and oxygen atoms in total. The Labute approximate surface area is 193 Å². The van der Waals surface area contributed by atoms with Crippen LogP contribution in [0.4, 0.5) is 18.9 Å². The molecule has 0 aliphatic rings. The molecule has 0 fully saturated rings. The molecular formula is C24H23F3N4O3. The van der Waals surface area contributed by atoms with Crippen LogP contribution in [-0.4, -0.2) is 39.6 Å². The zero-order chi connectivity index (χ0) is 25.0. The molecule has 0 saturated heterocycles. The molecule has 3 aromatic rings. The van der Waals surface area contributed by atoms with Crippen molar-refractivity contribution in [3.63, 3.8) is 0 Å². The molecule has 2 aromatic carbocycles. The number of hydrogen-bond donors (Lipinski definition) is 1. The number of carbonyl (C=O) groups excluding carboxylic acids is 2. The van der Waals surface area contributed by atoms with E-state index in [4.69, 9.17) is 0 Å². The Kier molecular flexibility index (Phi) is 7.19. The first-order chi connectivity index (χ1) is 16.0. The second-order valence-electron chi connectivity index (χ2n) is 7.47. The predicted octanol–water partition coefficient (Wildman–Crippen LogP) is 4.29. The van der Waals surface area contributed by atoms with Gasteiger partial charge >= 0.3 is 6.18 Å². The Bertz CT molecular complexity index is 1260. The average Bonchev–Trinajstić information content (AvgIpc) is 2.80. The van der Waals surface area contributed by atoms with Crippen molar-refractivity contribution in [1.82, 2.24) is 14.7 Å². The first-order valence-electron chi connectivity index (χ1n) is 10.5. The lowest BCUT2D eigenvalue weighted by Crippen LogP contribution is -2.30. The van der Waals surface area contributed by atoms with Gasteiger partial charge in [-0.25, -0.2) is 4.68 Å². The predicted molar refractivity (Wildman–Crippen MR) is 121 cm³/mol. The standard InChI is InChI=1S/C24H23F3N4O3/c1-4-30(5-2)23(34)16-9-11-18(12-10-16)28-22(33)21-20(32)13-15(3)31(29-21)19-8-6-7-17(14-19)24(25,26)27/h6-14H,4-5H2,1-3H3,(H,28,33). The number of rotatable bonds is 6. The molecule has 0 spiro atoms. The van der Waals surface area contributed by atoms with Crippen LogP contribution in [0.1, 0.15) is 46.0 Å². The van der Waals surface area contributed by atoms with E-state index in [0.29, 0.717) is 24.3 Å². The molecule has 0 saturated carbocycles. The Balaban J connectivity index is 1.88. The van der Waals surface area contributed by atoms with Gasteiger partial charge in [-0.3, -0.25) is 14.4 Å². The lowest BCUT2D eigenvalue weighted by Gasteiger charge is -2.18. The monoisotopic (exact) mass is 472 g/mol. The van der Waals surface area contributed by atoms with Crippen molar-refractivity contribution >= 4 is 17.5 Å². The second kappa shape index (κ2) is 9.90. The summed E-state index contributed by atoms with van der Waals surface area (Å²) in [7, 11) is 0. The van der Waals surface area contributed by atoms with Gasteiger partial charge in [0.2, 0.25) is 5.43 Å². The first kappa shape index (κ1) is 24.7. The summed E-state index contributed by atoms with van der Waals surface area (Å²) < 4.78 is 40.4. The van der Waals surface area contributed by atoms with Crippen LogP contribution in [0.2, 0.25) is 0 Å². The molecule has 0 bridgehead atoms. The van der Waals surface area contributed by atoms with E-state index in [1.54, 1.807) is 17.0 Å². The van der Waals surface area contributed by atoms with Crippen molar-refractivity contribution in [2.75, 3.05) is 18.4 Å². The van der Waals surface area contributed by atoms with Gasteiger partial charge in [-0.05, 0) is 63.2 Å². The van der Waals surface area contributed by atoms with Crippen molar-refractivity contribution in [2.45, 2.75) is 26.9 Å². The van der Waals surface area contributed by atoms with Crippen LogP contribution in [0, 0.1) is 6.92 Å². The van der Waals surface area contributed by atoms with Crippen molar-refractivity contribution in [1.29, 1.82) is 0 Å². The molecule has 1 N–H and O–H groups in total. The summed E-state index contributed by atoms with van der Waals surface area (Å²) in [4.78, 5) is 39.2. The van der Waals surface area contributed by atoms with Crippen LogP contribution in [0.25, 0.3) is 5.69 Å². The zero-order valence-electron chi connectivity index (χ0n) is 18.8. The largest absolute Gasteiger partial charge is 0.416 e. The maximum absolute atomic E-state index is 13.1. The van der Waals surface area contributed by atoms with Crippen LogP contribution in [0.5, 0.6) is 0 Å². The number of nitrogens with zero attached hydrogens (tertiary/aromatic N) is 3. The highest BCUT2D eigenvalue weighted by Gasteiger charge is 2.30. The maximum atomic E-state index is 13.1. The summed E-state index contributed by atoms with van der Waals surface area (Å²) in [6.45, 7) is 6.37. The number of anilines is 1. The lowest BCUT2D eigenvalue weighted by atomic mass is 10.1. The number of amides is 2. The number of hydrogen-bond acceptors (Lipinski definition) is 4. The summed E-state index contributed by atoms with van der Waals surface area (Å²) in [6, 6.07) is 11.7. The van der Waals surface area contributed by atoms with Crippen molar-refractivity contribution < 1.29 is 22.8 Å². The van der Waals surface area contributed by atoms with Gasteiger partial charge in [-0.2, -0.15) is 18.3 Å². The quantitative estimate of drug-likeness (QED) is 0.580. The number of carbonyl (C=O) groups is 2. The van der Waals surface area contributed by atoms with E-state index in [1.165, 1.54) is 31.2 Å². The van der Waals surface area contributed by atoms with Gasteiger partial charge < -0.3 is 10.2 Å². The highest BCUT2D eigenvalue weighted by atomic mass is 19.4. The number of aromatic nitrogens is 2. The van der Waals surface area contributed by atoms with Gasteiger partial charge in [0.1, 0.15) is 0 Å². The molecule has 34 heavy (non-hydrogen) atoms. The Morgan fingerprint density at radius 2 is 1.68 bits per heavy atom. The van der Waals surface area contributed by atoms with Gasteiger partial charge in [-0.15, -0.1) is 0 Å². The first-order valence-corrected chi connectivity index (χ1v) is 10.5. The van der Waals surface area contributed by atoms with E-state index in [9.17, 15) is 27.6 Å². The Hall–Kier alpha value is -3.95. The average molecular weight is 472 g/mol. The molecule has 178 valence electrons. The molecule has 0 aliphatic carbocycles. The summed E-state index contributed by atoms with van der Waals surface area (Å²) in [5.74, 6) is -0.972. The highest BCUT2D eigenvalue weighted by molar-refractivity contribution is 6.03. The molecule has 2 amide bonds. The van der Waals surface area contributed by atoms with Gasteiger partial charge in [0, 0.05) is 36.1 Å². The molecule has 0 radical (unpaired) electrons. The fourth-order valence-electron chi connectivity index (χ4n) is 3.36. The number of halogens is 3. The number of benzene rings is 2. The van der Waals surface area contributed by atoms with E-state index < -0.39 is 28.8 Å². The molecule has 0 unspecified atom stereocenters. The molecule has 3 rings (SSSR count). The zero-order valence-corrected chi connectivity index (χ0v) is 18.8. The summed E-state index contributed by atoms with van der Waals surface area (Å²) in [5, 5.41) is 6.55. The minimum atomic E-state index is -4.55. The molecule has 10 heteroatoms. The molecule has 0 atom stereocenters. The third-order valence-electron chi connectivity index (χ3n) is 5.18. The number of aryl methyl sites for hydroxylation is 1. The normalized spacial score (nSPS) is 11.2. The number of alkyl halides is 3. The minimum absolute atomic E-state index is 0.0562. The van der Waals surface area contributed by atoms with Crippen molar-refractivity contribution in [3.8, 4) is 5.69 Å².